The maximum absolute atomic E-state index is 9.60. The largest absolute Gasteiger partial charge is 0.480 e. The summed E-state index contributed by atoms with van der Waals surface area (Å²) < 4.78 is 1.50. The maximum atomic E-state index is 9.60. The minimum Gasteiger partial charge on any atom is -0.480 e. The molecule has 3 rings (SSSR count). The lowest BCUT2D eigenvalue weighted by Crippen LogP contribution is -1.91. The maximum Gasteiger partial charge on any atom is 0.299 e. The van der Waals surface area contributed by atoms with Gasteiger partial charge in [0.25, 0.3) is 6.01 Å². The van der Waals surface area contributed by atoms with Gasteiger partial charge in [-0.2, -0.15) is 0 Å². The number of hydrogen-bond acceptors (Lipinski definition) is 4. The molecule has 0 amide bonds. The normalized spacial score (nSPS) is 11.1. The average Bonchev–Trinajstić information content (AvgIpc) is 2.88. The van der Waals surface area contributed by atoms with Crippen molar-refractivity contribution in [3.63, 3.8) is 0 Å². The van der Waals surface area contributed by atoms with Crippen LogP contribution in [0.25, 0.3) is 5.65 Å². The van der Waals surface area contributed by atoms with Crippen molar-refractivity contribution in [2.24, 2.45) is 0 Å². The fraction of sp³-hybridized carbons (Fsp3) is 0. The molecule has 0 unspecified atom stereocenters. The van der Waals surface area contributed by atoms with E-state index in [4.69, 9.17) is 23.2 Å². The summed E-state index contributed by atoms with van der Waals surface area (Å²) in [5.74, 6) is 0. The van der Waals surface area contributed by atoms with Crippen LogP contribution >= 0.6 is 35.0 Å². The number of fused-ring (bicyclic) bond motifs is 1. The Morgan fingerprint density at radius 3 is 2.84 bits per heavy atom. The second-order valence-electron chi connectivity index (χ2n) is 3.70. The number of nitrogens with zero attached hydrogens (tertiary/aromatic N) is 3. The van der Waals surface area contributed by atoms with Gasteiger partial charge in [0.05, 0.1) is 21.1 Å². The van der Waals surface area contributed by atoms with Gasteiger partial charge in [0.2, 0.25) is 0 Å². The van der Waals surface area contributed by atoms with Gasteiger partial charge in [-0.1, -0.05) is 41.0 Å². The Morgan fingerprint density at radius 2 is 2.00 bits per heavy atom. The molecule has 2 heterocycles. The summed E-state index contributed by atoms with van der Waals surface area (Å²) in [5.41, 5.74) is 0.619. The molecule has 1 N–H and O–H groups in total. The van der Waals surface area contributed by atoms with Crippen molar-refractivity contribution in [3.8, 4) is 6.01 Å². The Kier molecular flexibility index (Phi) is 3.26. The van der Waals surface area contributed by atoms with E-state index in [0.717, 1.165) is 9.79 Å². The molecule has 7 heteroatoms. The zero-order valence-corrected chi connectivity index (χ0v) is 11.7. The highest BCUT2D eigenvalue weighted by Crippen LogP contribution is 2.38. The van der Waals surface area contributed by atoms with Crippen LogP contribution in [0.1, 0.15) is 0 Å². The fourth-order valence-electron chi connectivity index (χ4n) is 1.64. The third-order valence-electron chi connectivity index (χ3n) is 2.51. The van der Waals surface area contributed by atoms with Gasteiger partial charge in [-0.15, -0.1) is 0 Å². The number of aromatic nitrogens is 3. The number of imidazole rings is 1. The van der Waals surface area contributed by atoms with Crippen LogP contribution < -0.4 is 0 Å². The molecule has 4 nitrogen and oxygen atoms in total. The number of aromatic hydroxyl groups is 1. The van der Waals surface area contributed by atoms with Gasteiger partial charge in [0, 0.05) is 17.3 Å². The van der Waals surface area contributed by atoms with E-state index >= 15 is 0 Å². The smallest absolute Gasteiger partial charge is 0.299 e. The van der Waals surface area contributed by atoms with Gasteiger partial charge >= 0.3 is 0 Å². The van der Waals surface area contributed by atoms with Gasteiger partial charge in [-0.05, 0) is 12.1 Å². The summed E-state index contributed by atoms with van der Waals surface area (Å²) >= 11 is 13.5. The molecule has 19 heavy (non-hydrogen) atoms. The van der Waals surface area contributed by atoms with Gasteiger partial charge in [0.15, 0.2) is 5.65 Å². The first-order valence-corrected chi connectivity index (χ1v) is 6.87. The quantitative estimate of drug-likeness (QED) is 0.780. The molecule has 1 aromatic carbocycles. The number of hydrogen-bond donors (Lipinski definition) is 1. The SMILES string of the molecule is Oc1ncc(Sc2cccc(Cl)c2Cl)c2nccn12. The van der Waals surface area contributed by atoms with Gasteiger partial charge in [0.1, 0.15) is 0 Å². The predicted molar refractivity (Wildman–Crippen MR) is 75.2 cm³/mol. The van der Waals surface area contributed by atoms with Gasteiger partial charge in [-0.3, -0.25) is 4.40 Å². The Balaban J connectivity index is 2.09. The topological polar surface area (TPSA) is 50.4 Å². The van der Waals surface area contributed by atoms with E-state index in [1.807, 2.05) is 12.1 Å². The molecule has 0 saturated heterocycles. The van der Waals surface area contributed by atoms with Crippen molar-refractivity contribution in [1.82, 2.24) is 14.4 Å². The molecule has 96 valence electrons. The molecule has 0 aliphatic rings. The molecule has 3 aromatic rings. The molecule has 0 aliphatic heterocycles. The molecule has 0 fully saturated rings. The first kappa shape index (κ1) is 12.6. The summed E-state index contributed by atoms with van der Waals surface area (Å²) in [6, 6.07) is 5.32. The van der Waals surface area contributed by atoms with E-state index in [1.54, 1.807) is 24.7 Å². The van der Waals surface area contributed by atoms with E-state index < -0.39 is 0 Å². The second-order valence-corrected chi connectivity index (χ2v) is 5.57. The van der Waals surface area contributed by atoms with E-state index in [2.05, 4.69) is 9.97 Å². The molecule has 0 radical (unpaired) electrons. The third-order valence-corrected chi connectivity index (χ3v) is 4.51. The van der Waals surface area contributed by atoms with Crippen molar-refractivity contribution < 1.29 is 5.11 Å². The Morgan fingerprint density at radius 1 is 1.16 bits per heavy atom. The lowest BCUT2D eigenvalue weighted by Gasteiger charge is -2.06. The number of rotatable bonds is 2. The Bertz CT molecular complexity index is 760. The van der Waals surface area contributed by atoms with Gasteiger partial charge < -0.3 is 5.11 Å². The van der Waals surface area contributed by atoms with Crippen LogP contribution in [0.4, 0.5) is 0 Å². The third kappa shape index (κ3) is 2.25. The fourth-order valence-corrected chi connectivity index (χ4v) is 3.04. The van der Waals surface area contributed by atoms with E-state index in [9.17, 15) is 5.11 Å². The van der Waals surface area contributed by atoms with Crippen LogP contribution in [0.5, 0.6) is 6.01 Å². The summed E-state index contributed by atoms with van der Waals surface area (Å²) in [7, 11) is 0. The highest BCUT2D eigenvalue weighted by atomic mass is 35.5. The first-order valence-electron chi connectivity index (χ1n) is 5.29. The lowest BCUT2D eigenvalue weighted by molar-refractivity contribution is 0.421. The zero-order valence-electron chi connectivity index (χ0n) is 9.42. The minimum atomic E-state index is -0.103. The van der Waals surface area contributed by atoms with E-state index in [1.165, 1.54) is 16.2 Å². The molecule has 2 aromatic heterocycles. The van der Waals surface area contributed by atoms with Crippen LogP contribution in [0.2, 0.25) is 10.0 Å². The van der Waals surface area contributed by atoms with Crippen molar-refractivity contribution in [1.29, 1.82) is 0 Å². The average molecular weight is 312 g/mol. The van der Waals surface area contributed by atoms with Crippen LogP contribution in [0, 0.1) is 0 Å². The first-order chi connectivity index (χ1) is 9.16. The second kappa shape index (κ2) is 4.92. The Labute approximate surface area is 123 Å². The summed E-state index contributed by atoms with van der Waals surface area (Å²) in [5, 5.41) is 10.6. The standard InChI is InChI=1S/C12H7Cl2N3OS/c13-7-2-1-3-8(10(7)14)19-9-6-16-12(18)17-5-4-15-11(9)17/h1-6H,(H,16,18). The molecule has 0 saturated carbocycles. The van der Waals surface area contributed by atoms with Crippen molar-refractivity contribution in [2.45, 2.75) is 9.79 Å². The summed E-state index contributed by atoms with van der Waals surface area (Å²) in [6.07, 6.45) is 4.79. The summed E-state index contributed by atoms with van der Waals surface area (Å²) in [6.45, 7) is 0. The predicted octanol–water partition coefficient (Wildman–Crippen LogP) is 3.89. The molecule has 0 atom stereocenters. The van der Waals surface area contributed by atoms with Crippen LogP contribution in [-0.4, -0.2) is 19.5 Å². The molecule has 0 bridgehead atoms. The van der Waals surface area contributed by atoms with Crippen molar-refractivity contribution in [2.75, 3.05) is 0 Å². The van der Waals surface area contributed by atoms with Gasteiger partial charge in [-0.25, -0.2) is 9.97 Å². The molecule has 0 spiro atoms. The highest BCUT2D eigenvalue weighted by Gasteiger charge is 2.11. The van der Waals surface area contributed by atoms with Crippen LogP contribution in [0.3, 0.4) is 0 Å². The minimum absolute atomic E-state index is 0.103. The van der Waals surface area contributed by atoms with Crippen LogP contribution in [-0.2, 0) is 0 Å². The molecular weight excluding hydrogens is 305 g/mol. The lowest BCUT2D eigenvalue weighted by atomic mass is 10.4. The van der Waals surface area contributed by atoms with Crippen LogP contribution in [0.15, 0.2) is 46.6 Å². The molecular formula is C12H7Cl2N3OS. The number of halogens is 2. The Hall–Kier alpha value is -1.43. The monoisotopic (exact) mass is 311 g/mol. The number of benzene rings is 1. The van der Waals surface area contributed by atoms with E-state index in [-0.39, 0.29) is 6.01 Å². The highest BCUT2D eigenvalue weighted by molar-refractivity contribution is 7.99. The molecule has 0 aliphatic carbocycles. The summed E-state index contributed by atoms with van der Waals surface area (Å²) in [4.78, 5) is 9.70. The van der Waals surface area contributed by atoms with E-state index in [0.29, 0.717) is 15.7 Å². The zero-order chi connectivity index (χ0) is 13.4. The van der Waals surface area contributed by atoms with Crippen molar-refractivity contribution in [3.05, 3.63) is 46.8 Å². The van der Waals surface area contributed by atoms with Crippen molar-refractivity contribution >= 4 is 40.6 Å².